The summed E-state index contributed by atoms with van der Waals surface area (Å²) in [6.45, 7) is 10.9. The van der Waals surface area contributed by atoms with Crippen molar-refractivity contribution in [3.05, 3.63) is 0 Å². The fourth-order valence-corrected chi connectivity index (χ4v) is 3.75. The number of methoxy groups -OCH3 is 1. The van der Waals surface area contributed by atoms with Crippen molar-refractivity contribution in [3.63, 3.8) is 0 Å². The Morgan fingerprint density at radius 1 is 1.13 bits per heavy atom. The van der Waals surface area contributed by atoms with Crippen LogP contribution in [0.5, 0.6) is 0 Å². The highest BCUT2D eigenvalue weighted by molar-refractivity contribution is 5.76. The molecule has 134 valence electrons. The van der Waals surface area contributed by atoms with Gasteiger partial charge in [0, 0.05) is 65.0 Å². The summed E-state index contributed by atoms with van der Waals surface area (Å²) in [6.07, 6.45) is 2.89. The molecule has 0 aliphatic carbocycles. The summed E-state index contributed by atoms with van der Waals surface area (Å²) in [5.41, 5.74) is 5.60. The zero-order valence-electron chi connectivity index (χ0n) is 15.0. The van der Waals surface area contributed by atoms with Crippen LogP contribution in [0.3, 0.4) is 0 Å². The molecule has 1 amide bonds. The summed E-state index contributed by atoms with van der Waals surface area (Å²) in [5.74, 6) is 0.170. The van der Waals surface area contributed by atoms with Crippen molar-refractivity contribution < 1.29 is 9.53 Å². The molecule has 2 N–H and O–H groups in total. The fourth-order valence-electron chi connectivity index (χ4n) is 3.75. The van der Waals surface area contributed by atoms with Gasteiger partial charge in [-0.15, -0.1) is 0 Å². The number of hydrogen-bond donors (Lipinski definition) is 1. The number of hydrogen-bond acceptors (Lipinski definition) is 5. The monoisotopic (exact) mass is 326 g/mol. The molecule has 0 aromatic rings. The third kappa shape index (κ3) is 5.14. The summed E-state index contributed by atoms with van der Waals surface area (Å²) >= 11 is 0. The van der Waals surface area contributed by atoms with Gasteiger partial charge in [-0.25, -0.2) is 0 Å². The molecule has 2 rings (SSSR count). The van der Waals surface area contributed by atoms with Crippen LogP contribution < -0.4 is 5.73 Å². The van der Waals surface area contributed by atoms with E-state index in [4.69, 9.17) is 10.5 Å². The van der Waals surface area contributed by atoms with E-state index >= 15 is 0 Å². The Bertz CT molecular complexity index is 358. The number of rotatable bonds is 7. The van der Waals surface area contributed by atoms with Crippen LogP contribution in [0, 0.1) is 0 Å². The second kappa shape index (κ2) is 8.97. The van der Waals surface area contributed by atoms with E-state index in [1.165, 1.54) is 12.8 Å². The molecule has 0 aromatic heterocycles. The van der Waals surface area contributed by atoms with Crippen LogP contribution in [-0.4, -0.2) is 91.7 Å². The normalized spacial score (nSPS) is 28.3. The Labute approximate surface area is 140 Å². The third-order valence-corrected chi connectivity index (χ3v) is 5.53. The fraction of sp³-hybridized carbons (Fsp3) is 0.941. The number of nitrogens with two attached hydrogens (primary N) is 1. The van der Waals surface area contributed by atoms with Gasteiger partial charge in [0.25, 0.3) is 0 Å². The van der Waals surface area contributed by atoms with Crippen molar-refractivity contribution in [1.82, 2.24) is 14.7 Å². The zero-order valence-corrected chi connectivity index (χ0v) is 15.0. The summed E-state index contributed by atoms with van der Waals surface area (Å²) in [7, 11) is 1.61. The largest absolute Gasteiger partial charge is 0.380 e. The number of amides is 1. The summed E-state index contributed by atoms with van der Waals surface area (Å²) in [5, 5.41) is 0. The van der Waals surface area contributed by atoms with Gasteiger partial charge in [0.2, 0.25) is 5.91 Å². The molecule has 23 heavy (non-hydrogen) atoms. The van der Waals surface area contributed by atoms with Gasteiger partial charge in [-0.2, -0.15) is 0 Å². The predicted octanol–water partition coefficient (Wildman–Crippen LogP) is 0.367. The van der Waals surface area contributed by atoms with E-state index in [1.54, 1.807) is 7.11 Å². The lowest BCUT2D eigenvalue weighted by atomic mass is 10.2. The van der Waals surface area contributed by atoms with Crippen LogP contribution >= 0.6 is 0 Å². The zero-order chi connectivity index (χ0) is 16.8. The molecular weight excluding hydrogens is 292 g/mol. The predicted molar refractivity (Wildman–Crippen MR) is 92.4 cm³/mol. The minimum atomic E-state index is -0.154. The summed E-state index contributed by atoms with van der Waals surface area (Å²) in [6, 6.07) is 1.44. The maximum absolute atomic E-state index is 12.2. The molecule has 0 saturated carbocycles. The lowest BCUT2D eigenvalue weighted by molar-refractivity contribution is -0.135. The Morgan fingerprint density at radius 2 is 1.74 bits per heavy atom. The molecular formula is C17H34N4O2. The molecule has 0 spiro atoms. The minimum absolute atomic E-state index is 0.154. The van der Waals surface area contributed by atoms with E-state index in [1.807, 2.05) is 4.90 Å². The number of ether oxygens (including phenoxy) is 1. The van der Waals surface area contributed by atoms with Crippen LogP contribution in [0.4, 0.5) is 0 Å². The molecule has 0 radical (unpaired) electrons. The average Bonchev–Trinajstić information content (AvgIpc) is 2.89. The van der Waals surface area contributed by atoms with E-state index in [0.717, 1.165) is 51.4 Å². The topological polar surface area (TPSA) is 62.0 Å². The van der Waals surface area contributed by atoms with Gasteiger partial charge in [-0.05, 0) is 26.7 Å². The first-order valence-corrected chi connectivity index (χ1v) is 9.03. The van der Waals surface area contributed by atoms with Crippen molar-refractivity contribution in [2.45, 2.75) is 51.3 Å². The van der Waals surface area contributed by atoms with Crippen LogP contribution in [-0.2, 0) is 9.53 Å². The highest BCUT2D eigenvalue weighted by Gasteiger charge is 2.28. The van der Waals surface area contributed by atoms with E-state index in [2.05, 4.69) is 23.6 Å². The van der Waals surface area contributed by atoms with Gasteiger partial charge in [-0.3, -0.25) is 14.6 Å². The summed E-state index contributed by atoms with van der Waals surface area (Å²) in [4.78, 5) is 19.3. The SMILES string of the molecule is COC(CN)CC(=O)N1CCN(CCN2C(C)CCC2C)CC1. The Kier molecular flexibility index (Phi) is 7.27. The lowest BCUT2D eigenvalue weighted by Gasteiger charge is -2.37. The second-order valence-electron chi connectivity index (χ2n) is 7.03. The first-order valence-electron chi connectivity index (χ1n) is 9.03. The first kappa shape index (κ1) is 18.6. The first-order chi connectivity index (χ1) is 11.0. The molecule has 2 aliphatic heterocycles. The number of piperazine rings is 1. The molecule has 3 atom stereocenters. The molecule has 3 unspecified atom stereocenters. The summed E-state index contributed by atoms with van der Waals surface area (Å²) < 4.78 is 5.21. The number of carbonyl (C=O) groups excluding carboxylic acids is 1. The number of nitrogens with zero attached hydrogens (tertiary/aromatic N) is 3. The average molecular weight is 326 g/mol. The highest BCUT2D eigenvalue weighted by Crippen LogP contribution is 2.22. The maximum Gasteiger partial charge on any atom is 0.225 e. The van der Waals surface area contributed by atoms with Gasteiger partial charge in [0.15, 0.2) is 0 Å². The van der Waals surface area contributed by atoms with Crippen molar-refractivity contribution in [2.75, 3.05) is 52.9 Å². The van der Waals surface area contributed by atoms with Gasteiger partial charge < -0.3 is 15.4 Å². The Hall–Kier alpha value is -0.690. The van der Waals surface area contributed by atoms with Crippen molar-refractivity contribution in [3.8, 4) is 0 Å². The van der Waals surface area contributed by atoms with Crippen LogP contribution in [0.2, 0.25) is 0 Å². The number of likely N-dealkylation sites (tertiary alicyclic amines) is 1. The minimum Gasteiger partial charge on any atom is -0.380 e. The van der Waals surface area contributed by atoms with E-state index in [0.29, 0.717) is 13.0 Å². The molecule has 0 bridgehead atoms. The molecule has 2 saturated heterocycles. The molecule has 6 heteroatoms. The standard InChI is InChI=1S/C17H34N4O2/c1-14-4-5-15(2)21(14)11-8-19-6-9-20(10-7-19)17(22)12-16(13-18)23-3/h14-16H,4-13,18H2,1-3H3. The smallest absolute Gasteiger partial charge is 0.225 e. The Balaban J connectivity index is 1.68. The van der Waals surface area contributed by atoms with E-state index in [9.17, 15) is 4.79 Å². The van der Waals surface area contributed by atoms with Gasteiger partial charge in [0.1, 0.15) is 0 Å². The second-order valence-corrected chi connectivity index (χ2v) is 7.03. The lowest BCUT2D eigenvalue weighted by Crippen LogP contribution is -2.51. The van der Waals surface area contributed by atoms with Crippen molar-refractivity contribution in [1.29, 1.82) is 0 Å². The van der Waals surface area contributed by atoms with E-state index < -0.39 is 0 Å². The van der Waals surface area contributed by atoms with Crippen LogP contribution in [0.25, 0.3) is 0 Å². The van der Waals surface area contributed by atoms with Crippen molar-refractivity contribution >= 4 is 5.91 Å². The number of carbonyl (C=O) groups is 1. The van der Waals surface area contributed by atoms with Gasteiger partial charge in [0.05, 0.1) is 12.5 Å². The Morgan fingerprint density at radius 3 is 2.26 bits per heavy atom. The molecule has 2 aliphatic rings. The maximum atomic E-state index is 12.2. The van der Waals surface area contributed by atoms with Crippen molar-refractivity contribution in [2.24, 2.45) is 5.73 Å². The molecule has 2 fully saturated rings. The van der Waals surface area contributed by atoms with Gasteiger partial charge in [-0.1, -0.05) is 0 Å². The van der Waals surface area contributed by atoms with Gasteiger partial charge >= 0.3 is 0 Å². The van der Waals surface area contributed by atoms with Crippen LogP contribution in [0.15, 0.2) is 0 Å². The molecule has 2 heterocycles. The van der Waals surface area contributed by atoms with E-state index in [-0.39, 0.29) is 12.0 Å². The molecule has 0 aromatic carbocycles. The third-order valence-electron chi connectivity index (χ3n) is 5.53. The highest BCUT2D eigenvalue weighted by atomic mass is 16.5. The quantitative estimate of drug-likeness (QED) is 0.732. The molecule has 6 nitrogen and oxygen atoms in total. The van der Waals surface area contributed by atoms with Crippen LogP contribution in [0.1, 0.15) is 33.1 Å².